The molecule has 1 atom stereocenters. The third-order valence-corrected chi connectivity index (χ3v) is 1.90. The standard InChI is InChI=1S/C7H12N2O4/c1-7(13,5(10)11)4-9-3-2-8-6(9)12/h13H,2-4H2,1H3,(H,8,12)(H,10,11). The molecule has 74 valence electrons. The van der Waals surface area contributed by atoms with Gasteiger partial charge in [0.1, 0.15) is 0 Å². The van der Waals surface area contributed by atoms with Gasteiger partial charge >= 0.3 is 12.0 Å². The lowest BCUT2D eigenvalue weighted by molar-refractivity contribution is -0.157. The van der Waals surface area contributed by atoms with Gasteiger partial charge in [-0.15, -0.1) is 0 Å². The molecular weight excluding hydrogens is 176 g/mol. The van der Waals surface area contributed by atoms with Gasteiger partial charge < -0.3 is 20.4 Å². The van der Waals surface area contributed by atoms with E-state index in [0.29, 0.717) is 13.1 Å². The monoisotopic (exact) mass is 188 g/mol. The first-order valence-electron chi connectivity index (χ1n) is 3.92. The van der Waals surface area contributed by atoms with Crippen LogP contribution >= 0.6 is 0 Å². The highest BCUT2D eigenvalue weighted by Crippen LogP contribution is 2.08. The highest BCUT2D eigenvalue weighted by molar-refractivity contribution is 5.80. The largest absolute Gasteiger partial charge is 0.479 e. The third-order valence-electron chi connectivity index (χ3n) is 1.90. The predicted octanol–water partition coefficient (Wildman–Crippen LogP) is -1.15. The average molecular weight is 188 g/mol. The van der Waals surface area contributed by atoms with Crippen LogP contribution in [-0.2, 0) is 4.79 Å². The molecule has 0 bridgehead atoms. The minimum Gasteiger partial charge on any atom is -0.479 e. The predicted molar refractivity (Wildman–Crippen MR) is 43.2 cm³/mol. The summed E-state index contributed by atoms with van der Waals surface area (Å²) in [7, 11) is 0. The summed E-state index contributed by atoms with van der Waals surface area (Å²) in [6.07, 6.45) is 0. The van der Waals surface area contributed by atoms with Gasteiger partial charge in [-0.3, -0.25) is 0 Å². The molecular formula is C7H12N2O4. The Balaban J connectivity index is 2.57. The fraction of sp³-hybridized carbons (Fsp3) is 0.714. The van der Waals surface area contributed by atoms with Gasteiger partial charge in [-0.25, -0.2) is 9.59 Å². The topological polar surface area (TPSA) is 89.9 Å². The summed E-state index contributed by atoms with van der Waals surface area (Å²) < 4.78 is 0. The van der Waals surface area contributed by atoms with Crippen LogP contribution in [0.25, 0.3) is 0 Å². The number of hydrogen-bond acceptors (Lipinski definition) is 3. The molecule has 1 fully saturated rings. The number of carbonyl (C=O) groups excluding carboxylic acids is 1. The maximum absolute atomic E-state index is 11.0. The van der Waals surface area contributed by atoms with Crippen molar-refractivity contribution in [1.82, 2.24) is 10.2 Å². The number of carbonyl (C=O) groups is 2. The number of hydrogen-bond donors (Lipinski definition) is 3. The van der Waals surface area contributed by atoms with Crippen LogP contribution in [-0.4, -0.2) is 52.3 Å². The van der Waals surface area contributed by atoms with Gasteiger partial charge in [0.25, 0.3) is 0 Å². The first-order valence-corrected chi connectivity index (χ1v) is 3.92. The summed E-state index contributed by atoms with van der Waals surface area (Å²) in [5.74, 6) is -1.33. The smallest absolute Gasteiger partial charge is 0.337 e. The van der Waals surface area contributed by atoms with Crippen molar-refractivity contribution < 1.29 is 19.8 Å². The van der Waals surface area contributed by atoms with E-state index in [1.807, 2.05) is 0 Å². The second-order valence-electron chi connectivity index (χ2n) is 3.23. The van der Waals surface area contributed by atoms with Crippen LogP contribution in [0.4, 0.5) is 4.79 Å². The Hall–Kier alpha value is -1.30. The molecule has 6 heteroatoms. The molecule has 3 N–H and O–H groups in total. The molecule has 1 heterocycles. The molecule has 0 aliphatic carbocycles. The number of nitrogens with zero attached hydrogens (tertiary/aromatic N) is 1. The number of amides is 2. The summed E-state index contributed by atoms with van der Waals surface area (Å²) in [5, 5.41) is 20.4. The fourth-order valence-corrected chi connectivity index (χ4v) is 1.10. The number of carboxylic acids is 1. The first kappa shape index (κ1) is 9.79. The van der Waals surface area contributed by atoms with E-state index in [0.717, 1.165) is 0 Å². The molecule has 6 nitrogen and oxygen atoms in total. The summed E-state index contributed by atoms with van der Waals surface area (Å²) >= 11 is 0. The van der Waals surface area contributed by atoms with Gasteiger partial charge in [-0.05, 0) is 6.92 Å². The maximum atomic E-state index is 11.0. The van der Waals surface area contributed by atoms with E-state index >= 15 is 0 Å². The second-order valence-corrected chi connectivity index (χ2v) is 3.23. The second kappa shape index (κ2) is 3.21. The van der Waals surface area contributed by atoms with Gasteiger partial charge in [-0.2, -0.15) is 0 Å². The Bertz CT molecular complexity index is 239. The van der Waals surface area contributed by atoms with E-state index in [4.69, 9.17) is 5.11 Å². The molecule has 0 radical (unpaired) electrons. The van der Waals surface area contributed by atoms with Crippen molar-refractivity contribution in [3.63, 3.8) is 0 Å². The highest BCUT2D eigenvalue weighted by atomic mass is 16.4. The number of carboxylic acid groups (broad SMARTS) is 1. The molecule has 1 aliphatic rings. The fourth-order valence-electron chi connectivity index (χ4n) is 1.10. The Morgan fingerprint density at radius 3 is 2.77 bits per heavy atom. The van der Waals surface area contributed by atoms with Crippen LogP contribution < -0.4 is 5.32 Å². The van der Waals surface area contributed by atoms with E-state index in [1.165, 1.54) is 11.8 Å². The Morgan fingerprint density at radius 2 is 2.38 bits per heavy atom. The summed E-state index contributed by atoms with van der Waals surface area (Å²) in [6, 6.07) is -0.332. The molecule has 0 aromatic carbocycles. The normalized spacial score (nSPS) is 21.1. The van der Waals surface area contributed by atoms with E-state index in [2.05, 4.69) is 5.32 Å². The Kier molecular flexibility index (Phi) is 2.42. The van der Waals surface area contributed by atoms with Crippen molar-refractivity contribution in [3.8, 4) is 0 Å². The quantitative estimate of drug-likeness (QED) is 0.521. The third kappa shape index (κ3) is 2.09. The van der Waals surface area contributed by atoms with E-state index in [-0.39, 0.29) is 12.6 Å². The Morgan fingerprint density at radius 1 is 1.77 bits per heavy atom. The van der Waals surface area contributed by atoms with Gasteiger partial charge in [0.05, 0.1) is 6.54 Å². The van der Waals surface area contributed by atoms with Crippen LogP contribution in [0.1, 0.15) is 6.92 Å². The van der Waals surface area contributed by atoms with Crippen LogP contribution in [0.5, 0.6) is 0 Å². The zero-order valence-corrected chi connectivity index (χ0v) is 7.28. The van der Waals surface area contributed by atoms with Crippen molar-refractivity contribution in [2.75, 3.05) is 19.6 Å². The van der Waals surface area contributed by atoms with Gasteiger partial charge in [0, 0.05) is 13.1 Å². The summed E-state index contributed by atoms with van der Waals surface area (Å²) in [4.78, 5) is 22.8. The zero-order valence-electron chi connectivity index (χ0n) is 7.28. The number of rotatable bonds is 3. The minimum absolute atomic E-state index is 0.186. The number of aliphatic carboxylic acids is 1. The average Bonchev–Trinajstić information content (AvgIpc) is 2.35. The van der Waals surface area contributed by atoms with Crippen molar-refractivity contribution in [2.45, 2.75) is 12.5 Å². The molecule has 1 rings (SSSR count). The van der Waals surface area contributed by atoms with Crippen molar-refractivity contribution in [2.24, 2.45) is 0 Å². The maximum Gasteiger partial charge on any atom is 0.337 e. The summed E-state index contributed by atoms with van der Waals surface area (Å²) in [6.45, 7) is 1.91. The van der Waals surface area contributed by atoms with Crippen LogP contribution in [0.2, 0.25) is 0 Å². The van der Waals surface area contributed by atoms with Gasteiger partial charge in [0.2, 0.25) is 0 Å². The lowest BCUT2D eigenvalue weighted by Crippen LogP contribution is -2.47. The van der Waals surface area contributed by atoms with Crippen LogP contribution in [0, 0.1) is 0 Å². The SMILES string of the molecule is CC(O)(CN1CCNC1=O)C(=O)O. The lowest BCUT2D eigenvalue weighted by atomic mass is 10.1. The molecule has 0 saturated carbocycles. The number of urea groups is 1. The molecule has 2 amide bonds. The van der Waals surface area contributed by atoms with Crippen molar-refractivity contribution in [1.29, 1.82) is 0 Å². The molecule has 1 aliphatic heterocycles. The molecule has 0 spiro atoms. The molecule has 1 saturated heterocycles. The van der Waals surface area contributed by atoms with E-state index in [1.54, 1.807) is 0 Å². The van der Waals surface area contributed by atoms with Crippen molar-refractivity contribution >= 4 is 12.0 Å². The molecule has 0 aromatic rings. The molecule has 13 heavy (non-hydrogen) atoms. The number of nitrogens with one attached hydrogen (secondary N) is 1. The number of aliphatic hydroxyl groups is 1. The summed E-state index contributed by atoms with van der Waals surface area (Å²) in [5.41, 5.74) is -1.87. The molecule has 1 unspecified atom stereocenters. The van der Waals surface area contributed by atoms with E-state index in [9.17, 15) is 14.7 Å². The lowest BCUT2D eigenvalue weighted by Gasteiger charge is -2.23. The first-order chi connectivity index (χ1) is 5.93. The minimum atomic E-state index is -1.87. The Labute approximate surface area is 75.1 Å². The van der Waals surface area contributed by atoms with Gasteiger partial charge in [-0.1, -0.05) is 0 Å². The van der Waals surface area contributed by atoms with Crippen LogP contribution in [0.15, 0.2) is 0 Å². The van der Waals surface area contributed by atoms with Crippen molar-refractivity contribution in [3.05, 3.63) is 0 Å². The highest BCUT2D eigenvalue weighted by Gasteiger charge is 2.35. The number of β-amino-alcohol motifs (C(OH)–C–C–N with tert-alkyl or cyclic N) is 1. The van der Waals surface area contributed by atoms with E-state index < -0.39 is 11.6 Å². The zero-order chi connectivity index (χ0) is 10.1. The van der Waals surface area contributed by atoms with Gasteiger partial charge in [0.15, 0.2) is 5.60 Å². The van der Waals surface area contributed by atoms with Crippen LogP contribution in [0.3, 0.4) is 0 Å². The molecule has 0 aromatic heterocycles.